The molecule has 7 nitrogen and oxygen atoms in total. The van der Waals surface area contributed by atoms with E-state index in [1.54, 1.807) is 10.8 Å². The van der Waals surface area contributed by atoms with E-state index in [1.165, 1.54) is 25.6 Å². The van der Waals surface area contributed by atoms with Crippen molar-refractivity contribution in [1.29, 1.82) is 0 Å². The molecular weight excluding hydrogens is 304 g/mol. The van der Waals surface area contributed by atoms with Crippen LogP contribution in [0.1, 0.15) is 36.8 Å². The number of fused-ring (bicyclic) bond motifs is 1. The summed E-state index contributed by atoms with van der Waals surface area (Å²) >= 11 is 0. The summed E-state index contributed by atoms with van der Waals surface area (Å²) in [5.41, 5.74) is 0.922. The molecule has 1 atom stereocenters. The van der Waals surface area contributed by atoms with Crippen LogP contribution < -0.4 is 5.32 Å². The van der Waals surface area contributed by atoms with Crippen LogP contribution >= 0.6 is 0 Å². The van der Waals surface area contributed by atoms with Gasteiger partial charge in [0.15, 0.2) is 0 Å². The Morgan fingerprint density at radius 3 is 2.96 bits per heavy atom. The Bertz CT molecular complexity index is 791. The van der Waals surface area contributed by atoms with Gasteiger partial charge in [-0.15, -0.1) is 0 Å². The largest absolute Gasteiger partial charge is 0.468 e. The molecule has 4 heterocycles. The molecule has 4 rings (SSSR count). The van der Waals surface area contributed by atoms with Crippen LogP contribution in [0.3, 0.4) is 0 Å². The van der Waals surface area contributed by atoms with E-state index in [-0.39, 0.29) is 6.04 Å². The maximum absolute atomic E-state index is 5.70. The molecule has 1 saturated heterocycles. The van der Waals surface area contributed by atoms with E-state index in [0.717, 1.165) is 36.9 Å². The topological polar surface area (TPSA) is 71.5 Å². The van der Waals surface area contributed by atoms with Crippen LogP contribution in [0.2, 0.25) is 0 Å². The van der Waals surface area contributed by atoms with E-state index >= 15 is 0 Å². The number of aromatic nitrogens is 4. The lowest BCUT2D eigenvalue weighted by Crippen LogP contribution is -2.37. The Morgan fingerprint density at radius 1 is 1.29 bits per heavy atom. The third-order valence-electron chi connectivity index (χ3n) is 4.56. The summed E-state index contributed by atoms with van der Waals surface area (Å²) in [5, 5.41) is 7.78. The Kier molecular flexibility index (Phi) is 4.17. The minimum atomic E-state index is 0.215. The maximum atomic E-state index is 5.70. The first-order valence-electron chi connectivity index (χ1n) is 8.50. The first-order valence-corrected chi connectivity index (χ1v) is 8.50. The Morgan fingerprint density at radius 2 is 2.17 bits per heavy atom. The van der Waals surface area contributed by atoms with Gasteiger partial charge in [-0.25, -0.2) is 4.98 Å². The molecule has 0 spiro atoms. The van der Waals surface area contributed by atoms with E-state index in [2.05, 4.69) is 31.3 Å². The number of nitrogens with one attached hydrogen (secondary N) is 1. The summed E-state index contributed by atoms with van der Waals surface area (Å²) < 4.78 is 7.44. The van der Waals surface area contributed by atoms with Crippen LogP contribution in [0.25, 0.3) is 5.78 Å². The Labute approximate surface area is 140 Å². The number of nitrogens with zero attached hydrogens (tertiary/aromatic N) is 5. The van der Waals surface area contributed by atoms with Crippen LogP contribution in [0, 0.1) is 6.92 Å². The highest BCUT2D eigenvalue weighted by Gasteiger charge is 2.24. The fraction of sp³-hybridized carbons (Fsp3) is 0.471. The molecule has 1 N–H and O–H groups in total. The highest BCUT2D eigenvalue weighted by Crippen LogP contribution is 2.25. The number of anilines is 1. The van der Waals surface area contributed by atoms with Gasteiger partial charge in [-0.3, -0.25) is 4.90 Å². The normalized spacial score (nSPS) is 17.2. The Balaban J connectivity index is 1.57. The standard InChI is InChI=1S/C17H22N6O/c1-13-10-16(23-17(21-13)19-12-20-23)18-11-14(15-6-5-9-24-15)22-7-3-2-4-8-22/h5-6,9-10,12,14,18H,2-4,7-8,11H2,1H3. The molecule has 0 amide bonds. The predicted octanol–water partition coefficient (Wildman–Crippen LogP) is 2.66. The lowest BCUT2D eigenvalue weighted by molar-refractivity contribution is 0.152. The van der Waals surface area contributed by atoms with Crippen molar-refractivity contribution in [2.24, 2.45) is 0 Å². The van der Waals surface area contributed by atoms with Crippen molar-refractivity contribution in [2.75, 3.05) is 25.0 Å². The van der Waals surface area contributed by atoms with Gasteiger partial charge in [-0.1, -0.05) is 6.42 Å². The smallest absolute Gasteiger partial charge is 0.254 e. The lowest BCUT2D eigenvalue weighted by Gasteiger charge is -2.33. The second-order valence-corrected chi connectivity index (χ2v) is 6.26. The molecule has 126 valence electrons. The number of hydrogen-bond acceptors (Lipinski definition) is 6. The number of piperidine rings is 1. The minimum absolute atomic E-state index is 0.215. The summed E-state index contributed by atoms with van der Waals surface area (Å²) in [6, 6.07) is 6.23. The van der Waals surface area contributed by atoms with Crippen molar-refractivity contribution in [3.05, 3.63) is 42.2 Å². The van der Waals surface area contributed by atoms with Crippen LogP contribution in [0.4, 0.5) is 5.82 Å². The zero-order valence-electron chi connectivity index (χ0n) is 13.9. The van der Waals surface area contributed by atoms with E-state index < -0.39 is 0 Å². The van der Waals surface area contributed by atoms with Crippen molar-refractivity contribution in [3.8, 4) is 0 Å². The molecule has 24 heavy (non-hydrogen) atoms. The van der Waals surface area contributed by atoms with Gasteiger partial charge in [-0.2, -0.15) is 14.6 Å². The van der Waals surface area contributed by atoms with Gasteiger partial charge < -0.3 is 9.73 Å². The van der Waals surface area contributed by atoms with E-state index in [0.29, 0.717) is 5.78 Å². The van der Waals surface area contributed by atoms with Crippen LogP contribution in [-0.4, -0.2) is 44.1 Å². The van der Waals surface area contributed by atoms with Crippen molar-refractivity contribution < 1.29 is 4.42 Å². The molecule has 0 aliphatic carbocycles. The number of rotatable bonds is 5. The molecule has 7 heteroatoms. The van der Waals surface area contributed by atoms with E-state index in [1.807, 2.05) is 19.1 Å². The minimum Gasteiger partial charge on any atom is -0.468 e. The molecule has 0 saturated carbocycles. The zero-order chi connectivity index (χ0) is 16.4. The summed E-state index contributed by atoms with van der Waals surface area (Å²) in [7, 11) is 0. The molecule has 0 bridgehead atoms. The Hall–Kier alpha value is -2.41. The number of likely N-dealkylation sites (tertiary alicyclic amines) is 1. The average molecular weight is 326 g/mol. The number of aryl methyl sites for hydroxylation is 1. The van der Waals surface area contributed by atoms with Crippen molar-refractivity contribution in [1.82, 2.24) is 24.5 Å². The lowest BCUT2D eigenvalue weighted by atomic mass is 10.1. The highest BCUT2D eigenvalue weighted by molar-refractivity contribution is 5.44. The highest BCUT2D eigenvalue weighted by atomic mass is 16.3. The number of hydrogen-bond donors (Lipinski definition) is 1. The van der Waals surface area contributed by atoms with Gasteiger partial charge in [-0.05, 0) is 45.0 Å². The van der Waals surface area contributed by atoms with Gasteiger partial charge in [0.05, 0.1) is 12.3 Å². The van der Waals surface area contributed by atoms with Gasteiger partial charge in [0.1, 0.15) is 17.9 Å². The molecule has 0 aromatic carbocycles. The van der Waals surface area contributed by atoms with E-state index in [9.17, 15) is 0 Å². The summed E-state index contributed by atoms with van der Waals surface area (Å²) in [4.78, 5) is 11.1. The van der Waals surface area contributed by atoms with Gasteiger partial charge in [0.2, 0.25) is 0 Å². The predicted molar refractivity (Wildman–Crippen MR) is 90.9 cm³/mol. The van der Waals surface area contributed by atoms with Crippen LogP contribution in [-0.2, 0) is 0 Å². The molecule has 0 radical (unpaired) electrons. The van der Waals surface area contributed by atoms with E-state index in [4.69, 9.17) is 4.42 Å². The first kappa shape index (κ1) is 15.1. The number of furan rings is 1. The fourth-order valence-corrected chi connectivity index (χ4v) is 3.38. The molecule has 3 aromatic rings. The molecular formula is C17H22N6O. The maximum Gasteiger partial charge on any atom is 0.254 e. The summed E-state index contributed by atoms with van der Waals surface area (Å²) in [6.45, 7) is 4.95. The third kappa shape index (κ3) is 2.99. The van der Waals surface area contributed by atoms with Crippen molar-refractivity contribution in [3.63, 3.8) is 0 Å². The van der Waals surface area contributed by atoms with Crippen molar-refractivity contribution in [2.45, 2.75) is 32.2 Å². The molecule has 1 aliphatic rings. The quantitative estimate of drug-likeness (QED) is 0.777. The summed E-state index contributed by atoms with van der Waals surface area (Å²) in [6.07, 6.45) is 7.09. The molecule has 1 aliphatic heterocycles. The van der Waals surface area contributed by atoms with Crippen molar-refractivity contribution >= 4 is 11.6 Å². The van der Waals surface area contributed by atoms with Gasteiger partial charge >= 0.3 is 0 Å². The van der Waals surface area contributed by atoms with Gasteiger partial charge in [0, 0.05) is 18.3 Å². The monoisotopic (exact) mass is 326 g/mol. The average Bonchev–Trinajstić information content (AvgIpc) is 3.27. The molecule has 1 fully saturated rings. The third-order valence-corrected chi connectivity index (χ3v) is 4.56. The van der Waals surface area contributed by atoms with Gasteiger partial charge in [0.25, 0.3) is 5.78 Å². The second-order valence-electron chi connectivity index (χ2n) is 6.26. The zero-order valence-corrected chi connectivity index (χ0v) is 13.9. The van der Waals surface area contributed by atoms with Crippen LogP contribution in [0.5, 0.6) is 0 Å². The molecule has 1 unspecified atom stereocenters. The second kappa shape index (κ2) is 6.60. The SMILES string of the molecule is Cc1cc(NCC(c2ccco2)N2CCCCC2)n2ncnc2n1. The fourth-order valence-electron chi connectivity index (χ4n) is 3.38. The first-order chi connectivity index (χ1) is 11.8. The summed E-state index contributed by atoms with van der Waals surface area (Å²) in [5.74, 6) is 2.53. The van der Waals surface area contributed by atoms with Crippen LogP contribution in [0.15, 0.2) is 35.2 Å². The molecule has 3 aromatic heterocycles.